The quantitative estimate of drug-likeness (QED) is 0.771. The fourth-order valence-electron chi connectivity index (χ4n) is 3.89. The number of fused-ring (bicyclic) bond motifs is 2. The highest BCUT2D eigenvalue weighted by atomic mass is 79.9. The van der Waals surface area contributed by atoms with Gasteiger partial charge in [-0.3, -0.25) is 0 Å². The van der Waals surface area contributed by atoms with Gasteiger partial charge in [-0.15, -0.1) is 0 Å². The Balaban J connectivity index is 1.64. The molecule has 1 aromatic rings. The minimum Gasteiger partial charge on any atom is -0.492 e. The van der Waals surface area contributed by atoms with Crippen molar-refractivity contribution in [2.75, 3.05) is 13.9 Å². The molecule has 0 amide bonds. The van der Waals surface area contributed by atoms with Crippen molar-refractivity contribution in [3.63, 3.8) is 0 Å². The minimum absolute atomic E-state index is 0.145. The van der Waals surface area contributed by atoms with E-state index in [4.69, 9.17) is 23.7 Å². The van der Waals surface area contributed by atoms with Gasteiger partial charge in [0.25, 0.3) is 0 Å². The summed E-state index contributed by atoms with van der Waals surface area (Å²) in [4.78, 5) is 0. The van der Waals surface area contributed by atoms with E-state index in [9.17, 15) is 0 Å². The monoisotopic (exact) mass is 384 g/mol. The first-order valence-electron chi connectivity index (χ1n) is 8.00. The zero-order chi connectivity index (χ0) is 16.2. The highest BCUT2D eigenvalue weighted by Crippen LogP contribution is 2.52. The van der Waals surface area contributed by atoms with Crippen LogP contribution in [0.5, 0.6) is 17.2 Å². The zero-order valence-corrected chi connectivity index (χ0v) is 15.1. The molecule has 4 rings (SSSR count). The van der Waals surface area contributed by atoms with Gasteiger partial charge in [0.05, 0.1) is 23.8 Å². The molecular weight excluding hydrogens is 364 g/mol. The Kier molecular flexibility index (Phi) is 3.74. The molecule has 2 aliphatic heterocycles. The molecule has 6 heteroatoms. The third-order valence-electron chi connectivity index (χ3n) is 4.83. The second kappa shape index (κ2) is 5.53. The minimum atomic E-state index is -0.478. The fourth-order valence-corrected chi connectivity index (χ4v) is 4.67. The molecule has 0 aromatic heterocycles. The Morgan fingerprint density at radius 1 is 1.17 bits per heavy atom. The second-order valence-electron chi connectivity index (χ2n) is 6.77. The van der Waals surface area contributed by atoms with E-state index >= 15 is 0 Å². The predicted molar refractivity (Wildman–Crippen MR) is 87.2 cm³/mol. The van der Waals surface area contributed by atoms with Crippen molar-refractivity contribution in [3.8, 4) is 17.2 Å². The largest absolute Gasteiger partial charge is 0.492 e. The van der Waals surface area contributed by atoms with Gasteiger partial charge in [-0.1, -0.05) is 0 Å². The first-order chi connectivity index (χ1) is 11.0. The van der Waals surface area contributed by atoms with E-state index in [1.807, 2.05) is 13.8 Å². The van der Waals surface area contributed by atoms with Crippen molar-refractivity contribution < 1.29 is 23.7 Å². The highest BCUT2D eigenvalue weighted by Gasteiger charge is 2.45. The van der Waals surface area contributed by atoms with Crippen molar-refractivity contribution >= 4 is 15.9 Å². The fraction of sp³-hybridized carbons (Fsp3) is 0.647. The first-order valence-corrected chi connectivity index (χ1v) is 8.79. The van der Waals surface area contributed by atoms with Gasteiger partial charge in [-0.25, -0.2) is 0 Å². The van der Waals surface area contributed by atoms with Crippen LogP contribution in [-0.4, -0.2) is 31.9 Å². The Hall–Kier alpha value is -0.980. The van der Waals surface area contributed by atoms with Crippen LogP contribution in [0.2, 0.25) is 0 Å². The summed E-state index contributed by atoms with van der Waals surface area (Å²) in [6.07, 6.45) is 3.35. The molecule has 2 fully saturated rings. The van der Waals surface area contributed by atoms with Gasteiger partial charge in [0, 0.05) is 0 Å². The van der Waals surface area contributed by atoms with Crippen LogP contribution >= 0.6 is 15.9 Å². The lowest BCUT2D eigenvalue weighted by atomic mass is 9.81. The summed E-state index contributed by atoms with van der Waals surface area (Å²) >= 11 is 3.69. The molecule has 3 unspecified atom stereocenters. The van der Waals surface area contributed by atoms with Gasteiger partial charge in [0.2, 0.25) is 12.5 Å². The third kappa shape index (κ3) is 2.61. The first kappa shape index (κ1) is 15.5. The standard InChI is InChI=1S/C17H21BrO5/c1-17(2)22-11-5-4-9(6-12(11)23-17)10-7-13-15(21-8-20-13)16(19-3)14(10)18/h7,9,11-12H,4-6,8H2,1-3H3. The van der Waals surface area contributed by atoms with Crippen molar-refractivity contribution in [3.05, 3.63) is 16.1 Å². The van der Waals surface area contributed by atoms with Crippen LogP contribution in [0.25, 0.3) is 0 Å². The SMILES string of the molecule is COc1c(Br)c(C2CCC3OC(C)(C)OC3C2)cc2c1OCO2. The Labute approximate surface area is 144 Å². The molecule has 0 spiro atoms. The van der Waals surface area contributed by atoms with E-state index < -0.39 is 5.79 Å². The zero-order valence-electron chi connectivity index (χ0n) is 13.6. The van der Waals surface area contributed by atoms with Crippen LogP contribution in [-0.2, 0) is 9.47 Å². The molecule has 5 nitrogen and oxygen atoms in total. The maximum absolute atomic E-state index is 6.07. The molecule has 3 atom stereocenters. The van der Waals surface area contributed by atoms with Crippen LogP contribution in [0.4, 0.5) is 0 Å². The topological polar surface area (TPSA) is 46.2 Å². The number of halogens is 1. The predicted octanol–water partition coefficient (Wildman–Crippen LogP) is 3.97. The summed E-state index contributed by atoms with van der Waals surface area (Å²) in [5.74, 6) is 2.05. The summed E-state index contributed by atoms with van der Waals surface area (Å²) in [6.45, 7) is 4.21. The van der Waals surface area contributed by atoms with Gasteiger partial charge < -0.3 is 23.7 Å². The molecule has 3 aliphatic rings. The average Bonchev–Trinajstić information content (AvgIpc) is 3.07. The maximum atomic E-state index is 6.07. The number of ether oxygens (including phenoxy) is 5. The Morgan fingerprint density at radius 3 is 2.74 bits per heavy atom. The van der Waals surface area contributed by atoms with Crippen LogP contribution < -0.4 is 14.2 Å². The van der Waals surface area contributed by atoms with E-state index in [-0.39, 0.29) is 19.0 Å². The van der Waals surface area contributed by atoms with Gasteiger partial charge >= 0.3 is 0 Å². The summed E-state index contributed by atoms with van der Waals surface area (Å²) in [7, 11) is 1.65. The Morgan fingerprint density at radius 2 is 1.96 bits per heavy atom. The molecule has 1 saturated carbocycles. The second-order valence-corrected chi connectivity index (χ2v) is 7.56. The van der Waals surface area contributed by atoms with E-state index in [2.05, 4.69) is 22.0 Å². The highest BCUT2D eigenvalue weighted by molar-refractivity contribution is 9.10. The smallest absolute Gasteiger partial charge is 0.231 e. The maximum Gasteiger partial charge on any atom is 0.231 e. The molecule has 0 N–H and O–H groups in total. The molecule has 1 aliphatic carbocycles. The molecule has 1 aromatic carbocycles. The molecule has 0 bridgehead atoms. The van der Waals surface area contributed by atoms with Crippen LogP contribution in [0.3, 0.4) is 0 Å². The lowest BCUT2D eigenvalue weighted by molar-refractivity contribution is -0.145. The van der Waals surface area contributed by atoms with Crippen LogP contribution in [0.15, 0.2) is 10.5 Å². The molecule has 0 radical (unpaired) electrons. The van der Waals surface area contributed by atoms with E-state index in [1.54, 1.807) is 7.11 Å². The van der Waals surface area contributed by atoms with Crippen LogP contribution in [0.1, 0.15) is 44.6 Å². The average molecular weight is 385 g/mol. The van der Waals surface area contributed by atoms with Gasteiger partial charge in [-0.2, -0.15) is 0 Å². The summed E-state index contributed by atoms with van der Waals surface area (Å²) in [5, 5.41) is 0. The number of hydrogen-bond donors (Lipinski definition) is 0. The molecular formula is C17H21BrO5. The van der Waals surface area contributed by atoms with Crippen molar-refractivity contribution in [1.82, 2.24) is 0 Å². The number of rotatable bonds is 2. The van der Waals surface area contributed by atoms with Crippen molar-refractivity contribution in [1.29, 1.82) is 0 Å². The van der Waals surface area contributed by atoms with Crippen molar-refractivity contribution in [2.45, 2.75) is 57.0 Å². The number of hydrogen-bond acceptors (Lipinski definition) is 5. The van der Waals surface area contributed by atoms with Crippen molar-refractivity contribution in [2.24, 2.45) is 0 Å². The van der Waals surface area contributed by atoms with E-state index in [0.717, 1.165) is 29.5 Å². The molecule has 2 heterocycles. The van der Waals surface area contributed by atoms with E-state index in [1.165, 1.54) is 5.56 Å². The molecule has 1 saturated heterocycles. The van der Waals surface area contributed by atoms with Gasteiger partial charge in [-0.05, 0) is 66.6 Å². The summed E-state index contributed by atoms with van der Waals surface area (Å²) in [5.41, 5.74) is 1.19. The normalized spacial score (nSPS) is 31.0. The van der Waals surface area contributed by atoms with Gasteiger partial charge in [0.1, 0.15) is 0 Å². The Bertz CT molecular complexity index is 630. The lowest BCUT2D eigenvalue weighted by Crippen LogP contribution is -2.30. The summed E-state index contributed by atoms with van der Waals surface area (Å²) in [6, 6.07) is 2.07. The molecule has 126 valence electrons. The number of methoxy groups -OCH3 is 1. The summed E-state index contributed by atoms with van der Waals surface area (Å²) < 4.78 is 29.6. The third-order valence-corrected chi connectivity index (χ3v) is 5.65. The lowest BCUT2D eigenvalue weighted by Gasteiger charge is -2.30. The molecule has 23 heavy (non-hydrogen) atoms. The van der Waals surface area contributed by atoms with E-state index in [0.29, 0.717) is 17.4 Å². The van der Waals surface area contributed by atoms with Crippen LogP contribution in [0, 0.1) is 0 Å². The van der Waals surface area contributed by atoms with Gasteiger partial charge in [0.15, 0.2) is 17.3 Å². The number of benzene rings is 1.